The monoisotopic (exact) mass is 315 g/mol. The molecule has 1 atom stereocenters. The van der Waals surface area contributed by atoms with Crippen LogP contribution in [0.25, 0.3) is 0 Å². The zero-order valence-corrected chi connectivity index (χ0v) is 13.7. The standard InChI is InChI=1S/C14H21NO5S/c1-9(2)11(5)21(18,19)20-14-8-12(10(3)4)6-7-13(14)15(16)17/h6-11H,1-5H3. The first-order valence-corrected chi connectivity index (χ1v) is 8.25. The second-order valence-corrected chi connectivity index (χ2v) is 7.56. The minimum absolute atomic E-state index is 0.110. The molecule has 0 aromatic heterocycles. The van der Waals surface area contributed by atoms with Gasteiger partial charge in [0.05, 0.1) is 10.2 Å². The predicted octanol–water partition coefficient (Wildman–Crippen LogP) is 3.47. The van der Waals surface area contributed by atoms with E-state index in [2.05, 4.69) is 0 Å². The summed E-state index contributed by atoms with van der Waals surface area (Å²) >= 11 is 0. The van der Waals surface area contributed by atoms with Crippen LogP contribution in [-0.2, 0) is 10.1 Å². The molecule has 0 fully saturated rings. The number of hydrogen-bond donors (Lipinski definition) is 0. The highest BCUT2D eigenvalue weighted by atomic mass is 32.2. The van der Waals surface area contributed by atoms with Gasteiger partial charge in [0.15, 0.2) is 0 Å². The Kier molecular flexibility index (Phi) is 5.33. The molecule has 0 N–H and O–H groups in total. The average Bonchev–Trinajstić information content (AvgIpc) is 2.36. The normalized spacial score (nSPS) is 13.5. The van der Waals surface area contributed by atoms with Crippen molar-refractivity contribution in [2.45, 2.75) is 45.8 Å². The van der Waals surface area contributed by atoms with Crippen molar-refractivity contribution in [3.05, 3.63) is 33.9 Å². The fourth-order valence-corrected chi connectivity index (χ4v) is 2.84. The molecule has 1 aromatic carbocycles. The zero-order chi connectivity index (χ0) is 16.4. The molecule has 1 unspecified atom stereocenters. The number of hydrogen-bond acceptors (Lipinski definition) is 5. The lowest BCUT2D eigenvalue weighted by atomic mass is 10.0. The first-order chi connectivity index (χ1) is 9.56. The van der Waals surface area contributed by atoms with Gasteiger partial charge in [0.25, 0.3) is 0 Å². The Morgan fingerprint density at radius 2 is 1.71 bits per heavy atom. The van der Waals surface area contributed by atoms with E-state index < -0.39 is 20.3 Å². The Labute approximate surface area is 125 Å². The minimum Gasteiger partial charge on any atom is -0.375 e. The first kappa shape index (κ1) is 17.4. The lowest BCUT2D eigenvalue weighted by Gasteiger charge is -2.17. The van der Waals surface area contributed by atoms with Gasteiger partial charge in [-0.05, 0) is 30.4 Å². The van der Waals surface area contributed by atoms with Crippen LogP contribution in [0.5, 0.6) is 5.75 Å². The third kappa shape index (κ3) is 4.17. The molecule has 0 spiro atoms. The highest BCUT2D eigenvalue weighted by molar-refractivity contribution is 7.87. The van der Waals surface area contributed by atoms with Crippen LogP contribution in [0, 0.1) is 16.0 Å². The van der Waals surface area contributed by atoms with Crippen molar-refractivity contribution >= 4 is 15.8 Å². The van der Waals surface area contributed by atoms with Gasteiger partial charge in [0.1, 0.15) is 0 Å². The first-order valence-electron chi connectivity index (χ1n) is 6.78. The summed E-state index contributed by atoms with van der Waals surface area (Å²) in [5, 5.41) is 10.3. The molecule has 0 heterocycles. The topological polar surface area (TPSA) is 86.5 Å². The molecule has 7 heteroatoms. The van der Waals surface area contributed by atoms with E-state index in [4.69, 9.17) is 4.18 Å². The SMILES string of the molecule is CC(C)c1ccc([N+](=O)[O-])c(OS(=O)(=O)C(C)C(C)C)c1. The highest BCUT2D eigenvalue weighted by Gasteiger charge is 2.29. The smallest absolute Gasteiger partial charge is 0.312 e. The predicted molar refractivity (Wildman–Crippen MR) is 81.0 cm³/mol. The summed E-state index contributed by atoms with van der Waals surface area (Å²) in [7, 11) is -3.92. The van der Waals surface area contributed by atoms with Crippen LogP contribution >= 0.6 is 0 Å². The van der Waals surface area contributed by atoms with Crippen LogP contribution < -0.4 is 4.18 Å². The van der Waals surface area contributed by atoms with E-state index in [1.54, 1.807) is 19.9 Å². The average molecular weight is 315 g/mol. The van der Waals surface area contributed by atoms with E-state index in [0.29, 0.717) is 0 Å². The lowest BCUT2D eigenvalue weighted by molar-refractivity contribution is -0.385. The molecule has 0 aliphatic rings. The molecule has 1 aromatic rings. The summed E-state index contributed by atoms with van der Waals surface area (Å²) in [4.78, 5) is 10.4. The van der Waals surface area contributed by atoms with Crippen molar-refractivity contribution in [3.8, 4) is 5.75 Å². The van der Waals surface area contributed by atoms with E-state index in [1.165, 1.54) is 19.1 Å². The number of rotatable bonds is 6. The maximum absolute atomic E-state index is 12.2. The Balaban J connectivity index is 3.28. The van der Waals surface area contributed by atoms with Gasteiger partial charge in [-0.25, -0.2) is 0 Å². The van der Waals surface area contributed by atoms with Crippen molar-refractivity contribution in [2.75, 3.05) is 0 Å². The third-order valence-electron chi connectivity index (χ3n) is 3.45. The van der Waals surface area contributed by atoms with E-state index >= 15 is 0 Å². The summed E-state index contributed by atoms with van der Waals surface area (Å²) in [6.07, 6.45) is 0. The summed E-state index contributed by atoms with van der Waals surface area (Å²) in [5.74, 6) is -0.264. The Hall–Kier alpha value is -1.63. The maximum atomic E-state index is 12.2. The molecule has 0 radical (unpaired) electrons. The van der Waals surface area contributed by atoms with Gasteiger partial charge in [-0.2, -0.15) is 8.42 Å². The van der Waals surface area contributed by atoms with Gasteiger partial charge < -0.3 is 4.18 Å². The molecule has 0 bridgehead atoms. The van der Waals surface area contributed by atoms with Crippen LogP contribution in [-0.4, -0.2) is 18.6 Å². The van der Waals surface area contributed by atoms with Gasteiger partial charge in [-0.15, -0.1) is 0 Å². The number of benzene rings is 1. The van der Waals surface area contributed by atoms with Crippen LogP contribution in [0.4, 0.5) is 5.69 Å². The van der Waals surface area contributed by atoms with Gasteiger partial charge in [-0.3, -0.25) is 10.1 Å². The van der Waals surface area contributed by atoms with Gasteiger partial charge in [-0.1, -0.05) is 33.8 Å². The summed E-state index contributed by atoms with van der Waals surface area (Å²) in [6.45, 7) is 8.86. The van der Waals surface area contributed by atoms with Crippen molar-refractivity contribution in [1.29, 1.82) is 0 Å². The molecule has 0 saturated carbocycles. The molecule has 1 rings (SSSR count). The second kappa shape index (κ2) is 6.43. The van der Waals surface area contributed by atoms with E-state index in [-0.39, 0.29) is 23.3 Å². The summed E-state index contributed by atoms with van der Waals surface area (Å²) < 4.78 is 29.3. The fraction of sp³-hybridized carbons (Fsp3) is 0.571. The molecule has 21 heavy (non-hydrogen) atoms. The van der Waals surface area contributed by atoms with Crippen LogP contribution in [0.15, 0.2) is 18.2 Å². The largest absolute Gasteiger partial charge is 0.375 e. The van der Waals surface area contributed by atoms with Crippen LogP contribution in [0.2, 0.25) is 0 Å². The number of nitro benzene ring substituents is 1. The van der Waals surface area contributed by atoms with E-state index in [0.717, 1.165) is 5.56 Å². The molecule has 118 valence electrons. The minimum atomic E-state index is -3.92. The van der Waals surface area contributed by atoms with Gasteiger partial charge in [0, 0.05) is 6.07 Å². The Morgan fingerprint density at radius 3 is 2.14 bits per heavy atom. The fourth-order valence-electron chi connectivity index (χ4n) is 1.64. The molecule has 0 aliphatic heterocycles. The van der Waals surface area contributed by atoms with Crippen molar-refractivity contribution in [1.82, 2.24) is 0 Å². The Morgan fingerprint density at radius 1 is 1.14 bits per heavy atom. The number of nitro groups is 1. The summed E-state index contributed by atoms with van der Waals surface area (Å²) in [6, 6.07) is 4.31. The number of nitrogens with zero attached hydrogens (tertiary/aromatic N) is 1. The van der Waals surface area contributed by atoms with Crippen molar-refractivity contribution in [2.24, 2.45) is 5.92 Å². The highest BCUT2D eigenvalue weighted by Crippen LogP contribution is 2.32. The quantitative estimate of drug-likeness (QED) is 0.456. The van der Waals surface area contributed by atoms with Gasteiger partial charge >= 0.3 is 15.8 Å². The maximum Gasteiger partial charge on any atom is 0.312 e. The Bertz CT molecular complexity index is 622. The molecule has 0 amide bonds. The summed E-state index contributed by atoms with van der Waals surface area (Å²) in [5.41, 5.74) is 0.432. The molecular formula is C14H21NO5S. The third-order valence-corrected chi connectivity index (χ3v) is 5.31. The van der Waals surface area contributed by atoms with Gasteiger partial charge in [0.2, 0.25) is 5.75 Å². The zero-order valence-electron chi connectivity index (χ0n) is 12.9. The second-order valence-electron chi connectivity index (χ2n) is 5.66. The van der Waals surface area contributed by atoms with Crippen LogP contribution in [0.3, 0.4) is 0 Å². The molecular weight excluding hydrogens is 294 g/mol. The van der Waals surface area contributed by atoms with E-state index in [1.807, 2.05) is 13.8 Å². The van der Waals surface area contributed by atoms with Crippen molar-refractivity contribution < 1.29 is 17.5 Å². The van der Waals surface area contributed by atoms with Crippen LogP contribution in [0.1, 0.15) is 46.1 Å². The lowest BCUT2D eigenvalue weighted by Crippen LogP contribution is -2.28. The van der Waals surface area contributed by atoms with E-state index in [9.17, 15) is 18.5 Å². The molecule has 0 saturated heterocycles. The van der Waals surface area contributed by atoms with Crippen molar-refractivity contribution in [3.63, 3.8) is 0 Å². The molecule has 6 nitrogen and oxygen atoms in total. The molecule has 0 aliphatic carbocycles.